The smallest absolute Gasteiger partial charge is 1.00 e. The van der Waals surface area contributed by atoms with Crippen LogP contribution in [0, 0.1) is 0 Å². The molecule has 0 unspecified atom stereocenters. The van der Waals surface area contributed by atoms with Crippen LogP contribution in [0.5, 0.6) is 0 Å². The number of rotatable bonds is 30. The van der Waals surface area contributed by atoms with E-state index in [0.717, 1.165) is 55.8 Å². The van der Waals surface area contributed by atoms with Crippen molar-refractivity contribution in [2.75, 3.05) is 50.3 Å². The first-order valence-corrected chi connectivity index (χ1v) is 48.6. The van der Waals surface area contributed by atoms with E-state index in [0.29, 0.717) is 71.3 Å². The molecule has 8 heterocycles. The van der Waals surface area contributed by atoms with Gasteiger partial charge in [-0.3, -0.25) is 14.4 Å². The van der Waals surface area contributed by atoms with E-state index in [2.05, 4.69) is 36.4 Å². The summed E-state index contributed by atoms with van der Waals surface area (Å²) in [5, 5.41) is 97.2. The normalized spacial score (nSPS) is 12.0. The Morgan fingerprint density at radius 3 is 1.20 bits per heavy atom. The Hall–Kier alpha value is -12.6. The summed E-state index contributed by atoms with van der Waals surface area (Å²) in [6.07, 6.45) is 8.94. The van der Waals surface area contributed by atoms with Crippen LogP contribution in [0.1, 0.15) is 135 Å². The van der Waals surface area contributed by atoms with Crippen LogP contribution in [0.2, 0.25) is 0 Å². The number of benzene rings is 4. The van der Waals surface area contributed by atoms with Crippen molar-refractivity contribution in [3.8, 4) is 44.5 Å². The van der Waals surface area contributed by atoms with E-state index >= 15 is 0 Å². The number of nitrogens with zero attached hydrogens (tertiary/aromatic N) is 9. The number of anilines is 2. The number of ether oxygens (including phenoxy) is 1. The van der Waals surface area contributed by atoms with Gasteiger partial charge in [0.25, 0.3) is 5.91 Å². The van der Waals surface area contributed by atoms with Crippen LogP contribution in [0.25, 0.3) is 44.5 Å². The number of nitrogens with two attached hydrogens (primary N) is 8. The van der Waals surface area contributed by atoms with E-state index in [1.807, 2.05) is 30.3 Å². The summed E-state index contributed by atoms with van der Waals surface area (Å²) in [6.45, 7) is 8.56. The van der Waals surface area contributed by atoms with Crippen LogP contribution >= 0.6 is 0 Å². The fourth-order valence-corrected chi connectivity index (χ4v) is 17.3. The molecule has 0 aliphatic carbocycles. The fourth-order valence-electron chi connectivity index (χ4n) is 12.3. The van der Waals surface area contributed by atoms with Crippen LogP contribution < -0.4 is 150 Å². The number of aromatic carboxylic acids is 6. The number of nitrogen functional groups attached to an aromatic ring is 1. The molecule has 1 saturated heterocycles. The maximum absolute atomic E-state index is 12.4. The first kappa shape index (κ1) is 119. The number of alkyl carbamates (subject to hydrolysis) is 1. The number of amides is 4. The van der Waals surface area contributed by atoms with Gasteiger partial charge in [-0.25, -0.2) is 102 Å². The fraction of sp³-hybridized carbons (Fsp3) is 0.184. The molecule has 12 rings (SSSR count). The van der Waals surface area contributed by atoms with Crippen LogP contribution in [0.3, 0.4) is 0 Å². The van der Waals surface area contributed by atoms with Gasteiger partial charge in [-0.15, -0.1) is 0 Å². The van der Waals surface area contributed by atoms with E-state index in [1.165, 1.54) is 116 Å². The molecule has 0 radical (unpaired) electrons. The zero-order chi connectivity index (χ0) is 102. The number of hydrogen-bond donors (Lipinski definition) is 17. The van der Waals surface area contributed by atoms with Gasteiger partial charge < -0.3 is 95.4 Å². The number of nitrogens with one attached hydrogen (secondary N) is 4. The average Bonchev–Trinajstić information content (AvgIpc) is 1.62. The number of carboxylic acid groups (broad SMARTS) is 6. The van der Waals surface area contributed by atoms with E-state index in [9.17, 15) is 127 Å². The van der Waals surface area contributed by atoms with Gasteiger partial charge in [-0.1, -0.05) is 54.6 Å². The minimum absolute atomic E-state index is 0. The minimum atomic E-state index is -4.38. The van der Waals surface area contributed by atoms with E-state index < -0.39 is 147 Å². The quantitative estimate of drug-likeness (QED) is 0.0147. The monoisotopic (exact) mass is 2110 g/mol. The third-order valence-corrected chi connectivity index (χ3v) is 24.9. The zero-order valence-electron chi connectivity index (χ0n) is 73.5. The maximum Gasteiger partial charge on any atom is 1.00 e. The summed E-state index contributed by atoms with van der Waals surface area (Å²) in [5.41, 5.74) is 14.4. The van der Waals surface area contributed by atoms with Crippen molar-refractivity contribution in [1.82, 2.24) is 54.1 Å². The third-order valence-electron chi connectivity index (χ3n) is 18.3. The summed E-state index contributed by atoms with van der Waals surface area (Å²) in [5.74, 6) is -10.2. The predicted octanol–water partition coefficient (Wildman–Crippen LogP) is -12.4. The average molecular weight is 2110 g/mol. The number of quaternary nitrogens is 1. The molecule has 63 heteroatoms. The predicted molar refractivity (Wildman–Crippen MR) is 477 cm³/mol. The second kappa shape index (κ2) is 49.3. The van der Waals surface area contributed by atoms with Crippen LogP contribution in [0.4, 0.5) is 16.4 Å². The minimum Gasteiger partial charge on any atom is -1.00 e. The van der Waals surface area contributed by atoms with Gasteiger partial charge in [-0.05, 0) is 128 Å². The van der Waals surface area contributed by atoms with E-state index in [-0.39, 0.29) is 170 Å². The van der Waals surface area contributed by atoms with Crippen molar-refractivity contribution in [3.63, 3.8) is 0 Å². The summed E-state index contributed by atoms with van der Waals surface area (Å²) < 4.78 is 172. The molecule has 7 aromatic heterocycles. The van der Waals surface area contributed by atoms with Gasteiger partial charge in [0.1, 0.15) is 17.0 Å². The first-order valence-electron chi connectivity index (χ1n) is 38.1. The SMILES string of the molecule is CC(=O)N1CC(c2ccn(S(N)(=O)=O)c2C(=O)O)C1.CC(C)(C)OC(=O)NCCNS(=O)(=O)c1ccc(-c2ccn(S(N)(=O)=O)c2C(=O)[O-])cc1.NC(=O)c1ccc(-c2ccn(S(N)(=O)=O)c2C(=O)O)cc1.NS(=O)(=O)n1ccc(-c2ccc(C(=O)NCCC[NH3+])cc2)c1C(=O)O.NS(=O)(=O)n1ccc(CNc2ccccc2)c1C(=O)O.Nc1ncc(-c2ccn(S(N)(=O)=O)c2C(=O)[O-])cn1.[Cl-].[Na+].[Na+]. The molecule has 1 aliphatic heterocycles. The molecule has 53 nitrogen and oxygen atoms in total. The van der Waals surface area contributed by atoms with Gasteiger partial charge in [0, 0.05) is 158 Å². The molecule has 0 spiro atoms. The van der Waals surface area contributed by atoms with Crippen LogP contribution in [-0.4, -0.2) is 223 Å². The number of para-hydroxylation sites is 1. The van der Waals surface area contributed by atoms with Gasteiger partial charge in [0.15, 0.2) is 11.4 Å². The summed E-state index contributed by atoms with van der Waals surface area (Å²) in [7, 11) is -29.3. The number of hydrogen-bond acceptors (Lipinski definition) is 31. The molecule has 1 aliphatic rings. The maximum atomic E-state index is 12.4. The third kappa shape index (κ3) is 32.5. The van der Waals surface area contributed by atoms with Crippen molar-refractivity contribution >= 4 is 143 Å². The standard InChI is InChI=1S/C18H24N4O8S2.C15H18N4O5S.C12H11N3O5S.C12H13N3O4S.C10H13N3O5S.C9H9N5O4S.ClH.2Na/c1-18(2,3)30-17(25)20-9-10-21-31(26,27)13-6-4-12(5-7-13)14-8-11-22(32(19,28)29)15(14)16(23)24;16-7-1-8-18-14(20)11-4-2-10(3-5-11)12-6-9-19(25(17,23)24)13(12)15(21)22;13-11(16)8-3-1-7(2-4-8)9-5-6-15(21(14,19)20)10(9)12(17)18;13-20(18,19)15-7-6-9(11(15)12(16)17)8-14-10-4-2-1-3-5-10;1-6(14)12-4-7(5-12)8-2-3-13(19(11,17)18)9(8)10(15)16;10-9-12-3-5(4-13-9)6-1-2-14(19(11,17)18)7(6)8(15)16;;;/h4-8,11,21H,9-10H2,1-3H3,(H,20,25)(H,23,24)(H2,19,28,29);2-6,9H,1,7-8,16H2,(H,18,20)(H,21,22)(H2,17,23,24);1-6H,(H2,13,16)(H,17,18)(H2,14,19,20);1-7,14H,8H2,(H,16,17)(H2,13,18,19);2-3,7H,4-5H2,1H3,(H,15,16)(H2,11,17,18);1-4H,(H,15,16)(H2,10,12,13)(H2,11,17,18);1H;;/q;;;;;;;2*+1/p-2. The largest absolute Gasteiger partial charge is 1.00 e. The van der Waals surface area contributed by atoms with Crippen molar-refractivity contribution in [2.45, 2.75) is 57.1 Å². The molecule has 0 bridgehead atoms. The van der Waals surface area contributed by atoms with Crippen LogP contribution in [0.15, 0.2) is 194 Å². The first-order chi connectivity index (χ1) is 63.0. The summed E-state index contributed by atoms with van der Waals surface area (Å²) in [6, 6.07) is 34.1. The molecule has 4 amide bonds. The zero-order valence-corrected chi connectivity index (χ0v) is 84.0. The topological polar surface area (TPSA) is 888 Å². The van der Waals surface area contributed by atoms with E-state index in [1.54, 1.807) is 37.8 Å². The number of carbonyl (C=O) groups excluding carboxylic acids is 6. The molecule has 738 valence electrons. The van der Waals surface area contributed by atoms with Crippen LogP contribution in [-0.2, 0) is 87.4 Å². The Labute approximate surface area is 842 Å². The number of carboxylic acids is 6. The Morgan fingerprint density at radius 1 is 0.468 bits per heavy atom. The molecular formula is C76H87ClN22Na2O31S7. The number of carbonyl (C=O) groups is 10. The number of halogens is 1. The molecule has 4 aromatic carbocycles. The summed E-state index contributed by atoms with van der Waals surface area (Å²) >= 11 is 0. The molecule has 11 aromatic rings. The second-order valence-electron chi connectivity index (χ2n) is 29.0. The Morgan fingerprint density at radius 2 is 0.827 bits per heavy atom. The van der Waals surface area contributed by atoms with E-state index in [4.69, 9.17) is 57.3 Å². The number of primary amides is 1. The summed E-state index contributed by atoms with van der Waals surface area (Å²) in [4.78, 5) is 122. The molecular weight excluding hydrogens is 2020 g/mol. The van der Waals surface area contributed by atoms with Crippen molar-refractivity contribution in [2.24, 2.45) is 36.6 Å². The van der Waals surface area contributed by atoms with Gasteiger partial charge >= 0.3 is 150 Å². The van der Waals surface area contributed by atoms with Crippen molar-refractivity contribution in [3.05, 3.63) is 246 Å². The van der Waals surface area contributed by atoms with Crippen molar-refractivity contribution in [1.29, 1.82) is 0 Å². The number of aromatic nitrogens is 8. The second-order valence-corrected chi connectivity index (χ2v) is 39.3. The van der Waals surface area contributed by atoms with Gasteiger partial charge in [0.2, 0.25) is 27.8 Å². The number of sulfonamides is 1. The van der Waals surface area contributed by atoms with Gasteiger partial charge in [0.05, 0.1) is 34.8 Å². The molecule has 0 saturated carbocycles. The molecule has 1 fully saturated rings. The molecule has 139 heavy (non-hydrogen) atoms. The number of likely N-dealkylation sites (tertiary alicyclic amines) is 1. The van der Waals surface area contributed by atoms with Crippen molar-refractivity contribution < 1.29 is 220 Å². The molecule has 27 N–H and O–H groups in total. The Bertz CT molecular complexity index is 7240. The molecule has 0 atom stereocenters. The Balaban J connectivity index is 0.000000350. The Kier molecular flexibility index (Phi) is 42.1. The van der Waals surface area contributed by atoms with Gasteiger partial charge in [-0.2, -0.15) is 50.5 Å².